The summed E-state index contributed by atoms with van der Waals surface area (Å²) in [6.07, 6.45) is -0.674. The van der Waals surface area contributed by atoms with Crippen LogP contribution in [0.3, 0.4) is 0 Å². The lowest BCUT2D eigenvalue weighted by molar-refractivity contribution is -0.121. The van der Waals surface area contributed by atoms with E-state index in [0.717, 1.165) is 0 Å². The number of rotatable bonds is 3. The molecule has 0 saturated heterocycles. The zero-order chi connectivity index (χ0) is 11.9. The number of ether oxygens (including phenoxy) is 1. The van der Waals surface area contributed by atoms with Gasteiger partial charge in [0.2, 0.25) is 0 Å². The number of carbonyl (C=O) groups is 2. The van der Waals surface area contributed by atoms with Crippen LogP contribution in [0.4, 0.5) is 4.79 Å². The number of hydrogen-bond donors (Lipinski definition) is 3. The fourth-order valence-electron chi connectivity index (χ4n) is 0.707. The Morgan fingerprint density at radius 1 is 1.20 bits per heavy atom. The van der Waals surface area contributed by atoms with E-state index in [4.69, 9.17) is 4.74 Å². The lowest BCUT2D eigenvalue weighted by atomic mass is 10.2. The summed E-state index contributed by atoms with van der Waals surface area (Å²) in [4.78, 5) is 22.1. The Hall–Kier alpha value is -1.30. The molecule has 3 N–H and O–H groups in total. The number of hydrogen-bond acceptors (Lipinski definition) is 4. The Morgan fingerprint density at radius 3 is 2.27 bits per heavy atom. The summed E-state index contributed by atoms with van der Waals surface area (Å²) < 4.78 is 4.91. The molecule has 0 aliphatic carbocycles. The number of hydrazine groups is 1. The Kier molecular flexibility index (Phi) is 5.69. The number of carbonyl (C=O) groups excluding carboxylic acids is 2. The molecule has 0 rings (SSSR count). The van der Waals surface area contributed by atoms with Crippen molar-refractivity contribution in [2.75, 3.05) is 13.1 Å². The molecule has 88 valence electrons. The first kappa shape index (κ1) is 13.7. The average molecular weight is 217 g/mol. The van der Waals surface area contributed by atoms with Gasteiger partial charge in [-0.1, -0.05) is 6.92 Å². The molecule has 6 heteroatoms. The Morgan fingerprint density at radius 2 is 1.80 bits per heavy atom. The average Bonchev–Trinajstić information content (AvgIpc) is 2.08. The zero-order valence-corrected chi connectivity index (χ0v) is 9.64. The molecular formula is C9H19N3O3. The molecule has 0 aromatic carbocycles. The maximum Gasteiger partial charge on any atom is 0.426 e. The van der Waals surface area contributed by atoms with Crippen LogP contribution >= 0.6 is 0 Å². The van der Waals surface area contributed by atoms with Crippen molar-refractivity contribution in [1.29, 1.82) is 0 Å². The predicted molar refractivity (Wildman–Crippen MR) is 56.1 cm³/mol. The maximum atomic E-state index is 11.1. The number of likely N-dealkylation sites (N-methyl/N-ethyl adjacent to an activating group) is 1. The summed E-state index contributed by atoms with van der Waals surface area (Å²) in [6, 6.07) is 0. The van der Waals surface area contributed by atoms with E-state index in [1.807, 2.05) is 6.92 Å². The second-order valence-corrected chi connectivity index (χ2v) is 3.96. The van der Waals surface area contributed by atoms with Gasteiger partial charge in [-0.05, 0) is 27.3 Å². The highest BCUT2D eigenvalue weighted by molar-refractivity contribution is 5.80. The van der Waals surface area contributed by atoms with Crippen LogP contribution in [0.25, 0.3) is 0 Å². The molecule has 0 bridgehead atoms. The van der Waals surface area contributed by atoms with Gasteiger partial charge in [0, 0.05) is 0 Å². The zero-order valence-electron chi connectivity index (χ0n) is 9.64. The van der Waals surface area contributed by atoms with E-state index >= 15 is 0 Å². The van der Waals surface area contributed by atoms with Gasteiger partial charge in [-0.2, -0.15) is 0 Å². The molecule has 0 aromatic heterocycles. The highest BCUT2D eigenvalue weighted by atomic mass is 16.6. The highest BCUT2D eigenvalue weighted by Gasteiger charge is 2.16. The van der Waals surface area contributed by atoms with Crippen molar-refractivity contribution < 1.29 is 14.3 Å². The van der Waals surface area contributed by atoms with E-state index in [9.17, 15) is 9.59 Å². The van der Waals surface area contributed by atoms with Crippen molar-refractivity contribution >= 4 is 12.0 Å². The fourth-order valence-corrected chi connectivity index (χ4v) is 0.707. The summed E-state index contributed by atoms with van der Waals surface area (Å²) >= 11 is 0. The molecular weight excluding hydrogens is 198 g/mol. The standard InChI is InChI=1S/C9H19N3O3/c1-5-10-6-7(13)11-12-8(14)15-9(2,3)4/h10H,5-6H2,1-4H3,(H,11,13)(H,12,14). The second kappa shape index (κ2) is 6.23. The van der Waals surface area contributed by atoms with Crippen molar-refractivity contribution in [3.63, 3.8) is 0 Å². The van der Waals surface area contributed by atoms with Crippen molar-refractivity contribution in [3.8, 4) is 0 Å². The van der Waals surface area contributed by atoms with Crippen molar-refractivity contribution in [3.05, 3.63) is 0 Å². The minimum atomic E-state index is -0.674. The van der Waals surface area contributed by atoms with Crippen LogP contribution in [-0.4, -0.2) is 30.7 Å². The van der Waals surface area contributed by atoms with Gasteiger partial charge >= 0.3 is 6.09 Å². The van der Waals surface area contributed by atoms with E-state index < -0.39 is 11.7 Å². The summed E-state index contributed by atoms with van der Waals surface area (Å²) in [5.74, 6) is -0.317. The first-order valence-electron chi connectivity index (χ1n) is 4.83. The lowest BCUT2D eigenvalue weighted by Gasteiger charge is -2.19. The SMILES string of the molecule is CCNCC(=O)NNC(=O)OC(C)(C)C. The van der Waals surface area contributed by atoms with Gasteiger partial charge in [0.05, 0.1) is 6.54 Å². The maximum absolute atomic E-state index is 11.1. The van der Waals surface area contributed by atoms with Gasteiger partial charge in [0.1, 0.15) is 5.60 Å². The molecule has 0 aliphatic heterocycles. The van der Waals surface area contributed by atoms with Crippen molar-refractivity contribution in [2.45, 2.75) is 33.3 Å². The first-order chi connectivity index (χ1) is 6.85. The topological polar surface area (TPSA) is 79.5 Å². The monoisotopic (exact) mass is 217 g/mol. The van der Waals surface area contributed by atoms with Crippen molar-refractivity contribution in [2.24, 2.45) is 0 Å². The Labute approximate surface area is 89.7 Å². The molecule has 15 heavy (non-hydrogen) atoms. The van der Waals surface area contributed by atoms with E-state index in [1.165, 1.54) is 0 Å². The highest BCUT2D eigenvalue weighted by Crippen LogP contribution is 2.05. The first-order valence-corrected chi connectivity index (χ1v) is 4.83. The minimum Gasteiger partial charge on any atom is -0.443 e. The van der Waals surface area contributed by atoms with E-state index in [-0.39, 0.29) is 12.5 Å². The lowest BCUT2D eigenvalue weighted by Crippen LogP contribution is -2.47. The van der Waals surface area contributed by atoms with Gasteiger partial charge in [-0.3, -0.25) is 10.2 Å². The van der Waals surface area contributed by atoms with Gasteiger partial charge in [0.25, 0.3) is 5.91 Å². The van der Waals surface area contributed by atoms with Crippen LogP contribution in [0.15, 0.2) is 0 Å². The summed E-state index contributed by atoms with van der Waals surface area (Å²) in [5.41, 5.74) is 3.79. The van der Waals surface area contributed by atoms with Gasteiger partial charge in [0.15, 0.2) is 0 Å². The fraction of sp³-hybridized carbons (Fsp3) is 0.778. The molecule has 0 aliphatic rings. The van der Waals surface area contributed by atoms with Crippen LogP contribution in [0.5, 0.6) is 0 Å². The van der Waals surface area contributed by atoms with Crippen LogP contribution in [0.1, 0.15) is 27.7 Å². The van der Waals surface area contributed by atoms with Gasteiger partial charge in [-0.15, -0.1) is 0 Å². The molecule has 0 spiro atoms. The molecule has 0 heterocycles. The van der Waals surface area contributed by atoms with Gasteiger partial charge < -0.3 is 10.1 Å². The largest absolute Gasteiger partial charge is 0.443 e. The van der Waals surface area contributed by atoms with E-state index in [0.29, 0.717) is 6.54 Å². The van der Waals surface area contributed by atoms with Gasteiger partial charge in [-0.25, -0.2) is 10.2 Å². The molecule has 6 nitrogen and oxygen atoms in total. The Bertz CT molecular complexity index is 223. The normalized spacial score (nSPS) is 10.7. The van der Waals surface area contributed by atoms with Crippen LogP contribution < -0.4 is 16.2 Å². The second-order valence-electron chi connectivity index (χ2n) is 3.96. The summed E-state index contributed by atoms with van der Waals surface area (Å²) in [7, 11) is 0. The quantitative estimate of drug-likeness (QED) is 0.588. The molecule has 0 unspecified atom stereocenters. The predicted octanol–water partition coefficient (Wildman–Crippen LogP) is 0.152. The third-order valence-electron chi connectivity index (χ3n) is 1.24. The number of nitrogens with one attached hydrogen (secondary N) is 3. The van der Waals surface area contributed by atoms with Crippen molar-refractivity contribution in [1.82, 2.24) is 16.2 Å². The molecule has 0 radical (unpaired) electrons. The van der Waals surface area contributed by atoms with Crippen LogP contribution in [0, 0.1) is 0 Å². The Balaban J connectivity index is 3.67. The third-order valence-corrected chi connectivity index (χ3v) is 1.24. The molecule has 0 fully saturated rings. The molecule has 0 atom stereocenters. The third kappa shape index (κ3) is 9.01. The number of amides is 2. The smallest absolute Gasteiger partial charge is 0.426 e. The van der Waals surface area contributed by atoms with E-state index in [2.05, 4.69) is 16.2 Å². The molecule has 0 saturated carbocycles. The summed E-state index contributed by atoms with van der Waals surface area (Å²) in [6.45, 7) is 7.97. The van der Waals surface area contributed by atoms with Crippen LogP contribution in [0.2, 0.25) is 0 Å². The molecule has 2 amide bonds. The minimum absolute atomic E-state index is 0.159. The van der Waals surface area contributed by atoms with E-state index in [1.54, 1.807) is 20.8 Å². The molecule has 0 aromatic rings. The summed E-state index contributed by atoms with van der Waals surface area (Å²) in [5, 5.41) is 2.82. The van der Waals surface area contributed by atoms with Crippen LogP contribution in [-0.2, 0) is 9.53 Å².